The molecule has 80 valence electrons. The number of hydrogen-bond donors (Lipinski definition) is 0. The molecule has 15 heavy (non-hydrogen) atoms. The lowest BCUT2D eigenvalue weighted by Gasteiger charge is -2.17. The summed E-state index contributed by atoms with van der Waals surface area (Å²) in [5, 5.41) is 10.6. The molecule has 2 heterocycles. The van der Waals surface area contributed by atoms with Gasteiger partial charge in [-0.05, 0) is 24.3 Å². The third-order valence-corrected chi connectivity index (χ3v) is 5.69. The standard InChI is InChI=1S/C9H10N2O2S2/c10-7-8-3-1-5-11(8)15(12,13)9-4-2-6-14-9/h2,4,6,8H,1,3,5H2. The van der Waals surface area contributed by atoms with Crippen molar-refractivity contribution in [1.29, 1.82) is 5.26 Å². The predicted octanol–water partition coefficient (Wildman–Crippen LogP) is 1.42. The van der Waals surface area contributed by atoms with E-state index >= 15 is 0 Å². The molecule has 1 unspecified atom stereocenters. The Morgan fingerprint density at radius 2 is 2.40 bits per heavy atom. The highest BCUT2D eigenvalue weighted by molar-refractivity contribution is 7.91. The van der Waals surface area contributed by atoms with Crippen LogP contribution in [0.15, 0.2) is 21.7 Å². The summed E-state index contributed by atoms with van der Waals surface area (Å²) in [6.07, 6.45) is 1.41. The zero-order valence-corrected chi connectivity index (χ0v) is 9.59. The molecule has 1 saturated heterocycles. The molecule has 0 aromatic carbocycles. The first-order valence-electron chi connectivity index (χ1n) is 4.61. The van der Waals surface area contributed by atoms with Crippen LogP contribution in [0.1, 0.15) is 12.8 Å². The molecule has 6 heteroatoms. The van der Waals surface area contributed by atoms with E-state index in [1.54, 1.807) is 17.5 Å². The van der Waals surface area contributed by atoms with Crippen molar-refractivity contribution in [2.45, 2.75) is 23.1 Å². The second-order valence-electron chi connectivity index (χ2n) is 3.33. The first kappa shape index (κ1) is 10.6. The number of thiophene rings is 1. The minimum atomic E-state index is -3.43. The van der Waals surface area contributed by atoms with Crippen LogP contribution < -0.4 is 0 Å². The number of nitrogens with zero attached hydrogens (tertiary/aromatic N) is 2. The largest absolute Gasteiger partial charge is 0.253 e. The summed E-state index contributed by atoms with van der Waals surface area (Å²) in [5.74, 6) is 0. The van der Waals surface area contributed by atoms with Gasteiger partial charge in [0.2, 0.25) is 0 Å². The lowest BCUT2D eigenvalue weighted by molar-refractivity contribution is 0.439. The molecule has 0 radical (unpaired) electrons. The average Bonchev–Trinajstić information content (AvgIpc) is 2.89. The molecule has 0 N–H and O–H groups in total. The molecular weight excluding hydrogens is 232 g/mol. The van der Waals surface area contributed by atoms with Crippen LogP contribution in [-0.2, 0) is 10.0 Å². The van der Waals surface area contributed by atoms with E-state index in [0.717, 1.165) is 6.42 Å². The third kappa shape index (κ3) is 1.78. The van der Waals surface area contributed by atoms with Crippen LogP contribution in [0.2, 0.25) is 0 Å². The minimum absolute atomic E-state index is 0.324. The van der Waals surface area contributed by atoms with Crippen molar-refractivity contribution >= 4 is 21.4 Å². The number of rotatable bonds is 2. The van der Waals surface area contributed by atoms with Crippen LogP contribution in [0.3, 0.4) is 0 Å². The maximum absolute atomic E-state index is 12.1. The molecule has 0 amide bonds. The van der Waals surface area contributed by atoms with Crippen molar-refractivity contribution in [3.63, 3.8) is 0 Å². The fourth-order valence-electron chi connectivity index (χ4n) is 1.68. The molecule has 1 aliphatic rings. The fourth-order valence-corrected chi connectivity index (χ4v) is 4.41. The van der Waals surface area contributed by atoms with E-state index in [1.807, 2.05) is 6.07 Å². The predicted molar refractivity (Wildman–Crippen MR) is 56.8 cm³/mol. The lowest BCUT2D eigenvalue weighted by Crippen LogP contribution is -2.34. The second kappa shape index (κ2) is 3.93. The highest BCUT2D eigenvalue weighted by Crippen LogP contribution is 2.27. The van der Waals surface area contributed by atoms with Crippen LogP contribution in [0.5, 0.6) is 0 Å². The maximum Gasteiger partial charge on any atom is 0.253 e. The molecule has 4 nitrogen and oxygen atoms in total. The van der Waals surface area contributed by atoms with Gasteiger partial charge in [0, 0.05) is 6.54 Å². The van der Waals surface area contributed by atoms with Gasteiger partial charge in [-0.25, -0.2) is 8.42 Å². The van der Waals surface area contributed by atoms with Gasteiger partial charge in [0.1, 0.15) is 10.3 Å². The van der Waals surface area contributed by atoms with Crippen LogP contribution in [0.25, 0.3) is 0 Å². The van der Waals surface area contributed by atoms with E-state index in [1.165, 1.54) is 15.6 Å². The zero-order valence-electron chi connectivity index (χ0n) is 7.96. The maximum atomic E-state index is 12.1. The highest BCUT2D eigenvalue weighted by atomic mass is 32.2. The van der Waals surface area contributed by atoms with Crippen molar-refractivity contribution in [3.8, 4) is 6.07 Å². The number of sulfonamides is 1. The third-order valence-electron chi connectivity index (χ3n) is 2.41. The highest BCUT2D eigenvalue weighted by Gasteiger charge is 2.35. The van der Waals surface area contributed by atoms with Crippen molar-refractivity contribution in [2.24, 2.45) is 0 Å². The fraction of sp³-hybridized carbons (Fsp3) is 0.444. The summed E-state index contributed by atoms with van der Waals surface area (Å²) in [7, 11) is -3.43. The molecule has 0 spiro atoms. The Hall–Kier alpha value is -0.900. The molecule has 2 rings (SSSR count). The molecule has 1 atom stereocenters. The van der Waals surface area contributed by atoms with Crippen LogP contribution >= 0.6 is 11.3 Å². The van der Waals surface area contributed by atoms with Gasteiger partial charge in [-0.3, -0.25) is 0 Å². The van der Waals surface area contributed by atoms with Crippen LogP contribution in [0, 0.1) is 11.3 Å². The Kier molecular flexibility index (Phi) is 2.78. The van der Waals surface area contributed by atoms with Crippen molar-refractivity contribution in [2.75, 3.05) is 6.54 Å². The van der Waals surface area contributed by atoms with Gasteiger partial charge in [0.25, 0.3) is 10.0 Å². The van der Waals surface area contributed by atoms with Crippen LogP contribution in [-0.4, -0.2) is 25.3 Å². The molecule has 0 saturated carbocycles. The van der Waals surface area contributed by atoms with Gasteiger partial charge < -0.3 is 0 Å². The Morgan fingerprint density at radius 1 is 1.60 bits per heavy atom. The van der Waals surface area contributed by atoms with E-state index in [0.29, 0.717) is 17.2 Å². The molecule has 0 aliphatic carbocycles. The molecule has 1 aliphatic heterocycles. The van der Waals surface area contributed by atoms with E-state index < -0.39 is 16.1 Å². The second-order valence-corrected chi connectivity index (χ2v) is 6.40. The van der Waals surface area contributed by atoms with Gasteiger partial charge in [0.15, 0.2) is 0 Å². The van der Waals surface area contributed by atoms with E-state index in [-0.39, 0.29) is 0 Å². The summed E-state index contributed by atoms with van der Waals surface area (Å²) in [6, 6.07) is 4.82. The quantitative estimate of drug-likeness (QED) is 0.788. The normalized spacial score (nSPS) is 22.7. The Labute approximate surface area is 92.8 Å². The molecule has 0 bridgehead atoms. The van der Waals surface area contributed by atoms with Crippen molar-refractivity contribution in [3.05, 3.63) is 17.5 Å². The number of nitriles is 1. The zero-order chi connectivity index (χ0) is 10.9. The molecule has 1 aromatic heterocycles. The SMILES string of the molecule is N#CC1CCCN1S(=O)(=O)c1cccs1. The molecule has 1 aromatic rings. The van der Waals surface area contributed by atoms with Crippen molar-refractivity contribution < 1.29 is 8.42 Å². The van der Waals surface area contributed by atoms with Gasteiger partial charge in [-0.1, -0.05) is 6.07 Å². The van der Waals surface area contributed by atoms with Gasteiger partial charge in [-0.15, -0.1) is 11.3 Å². The van der Waals surface area contributed by atoms with Crippen LogP contribution in [0.4, 0.5) is 0 Å². The Balaban J connectivity index is 2.35. The monoisotopic (exact) mass is 242 g/mol. The topological polar surface area (TPSA) is 61.2 Å². The smallest absolute Gasteiger partial charge is 0.206 e. The minimum Gasteiger partial charge on any atom is -0.206 e. The average molecular weight is 242 g/mol. The Bertz CT molecular complexity index is 473. The lowest BCUT2D eigenvalue weighted by atomic mass is 10.2. The van der Waals surface area contributed by atoms with Gasteiger partial charge in [-0.2, -0.15) is 9.57 Å². The van der Waals surface area contributed by atoms with E-state index in [9.17, 15) is 8.42 Å². The van der Waals surface area contributed by atoms with Gasteiger partial charge in [0.05, 0.1) is 6.07 Å². The van der Waals surface area contributed by atoms with Gasteiger partial charge >= 0.3 is 0 Å². The molecular formula is C9H10N2O2S2. The summed E-state index contributed by atoms with van der Waals surface area (Å²) in [5.41, 5.74) is 0. The molecule has 1 fully saturated rings. The first-order valence-corrected chi connectivity index (χ1v) is 6.93. The number of hydrogen-bond acceptors (Lipinski definition) is 4. The van der Waals surface area contributed by atoms with Crippen molar-refractivity contribution in [1.82, 2.24) is 4.31 Å². The summed E-state index contributed by atoms with van der Waals surface area (Å²) in [6.45, 7) is 0.457. The van der Waals surface area contributed by atoms with E-state index in [2.05, 4.69) is 0 Å². The first-order chi connectivity index (χ1) is 7.16. The summed E-state index contributed by atoms with van der Waals surface area (Å²) < 4.78 is 25.7. The summed E-state index contributed by atoms with van der Waals surface area (Å²) in [4.78, 5) is 0. The Morgan fingerprint density at radius 3 is 3.00 bits per heavy atom. The van der Waals surface area contributed by atoms with E-state index in [4.69, 9.17) is 5.26 Å². The summed E-state index contributed by atoms with van der Waals surface area (Å²) >= 11 is 1.19.